The maximum atomic E-state index is 5.99. The van der Waals surface area contributed by atoms with E-state index in [4.69, 9.17) is 4.74 Å². The zero-order valence-electron chi connectivity index (χ0n) is 11.8. The van der Waals surface area contributed by atoms with Crippen molar-refractivity contribution in [3.8, 4) is 5.75 Å². The van der Waals surface area contributed by atoms with Crippen LogP contribution in [-0.2, 0) is 12.8 Å². The Balaban J connectivity index is 1.54. The van der Waals surface area contributed by atoms with Gasteiger partial charge in [-0.05, 0) is 43.4 Å². The van der Waals surface area contributed by atoms with Crippen LogP contribution < -0.4 is 10.1 Å². The average molecular weight is 267 g/mol. The molecule has 2 aromatic carbocycles. The van der Waals surface area contributed by atoms with E-state index in [1.807, 2.05) is 0 Å². The lowest BCUT2D eigenvalue weighted by Gasteiger charge is -2.21. The highest BCUT2D eigenvalue weighted by molar-refractivity contribution is 5.59. The van der Waals surface area contributed by atoms with Crippen LogP contribution in [0, 0.1) is 0 Å². The number of anilines is 1. The molecule has 0 fully saturated rings. The molecule has 0 bridgehead atoms. The second kappa shape index (κ2) is 6.47. The molecule has 3 rings (SSSR count). The number of ether oxygens (including phenoxy) is 1. The summed E-state index contributed by atoms with van der Waals surface area (Å²) in [5.74, 6) is 1.06. The van der Waals surface area contributed by atoms with Gasteiger partial charge in [0.1, 0.15) is 5.75 Å². The zero-order chi connectivity index (χ0) is 13.6. The van der Waals surface area contributed by atoms with Gasteiger partial charge in [-0.1, -0.05) is 36.4 Å². The summed E-state index contributed by atoms with van der Waals surface area (Å²) >= 11 is 0. The number of hydrogen-bond acceptors (Lipinski definition) is 2. The van der Waals surface area contributed by atoms with E-state index in [9.17, 15) is 0 Å². The Morgan fingerprint density at radius 2 is 1.90 bits per heavy atom. The third kappa shape index (κ3) is 3.13. The summed E-state index contributed by atoms with van der Waals surface area (Å²) in [5, 5.41) is 3.44. The summed E-state index contributed by atoms with van der Waals surface area (Å²) in [5.41, 5.74) is 3.98. The lowest BCUT2D eigenvalue weighted by atomic mass is 10.0. The molecular weight excluding hydrogens is 246 g/mol. The largest absolute Gasteiger partial charge is 0.493 e. The molecule has 0 spiro atoms. The predicted molar refractivity (Wildman–Crippen MR) is 83.5 cm³/mol. The number of hydrogen-bond donors (Lipinski definition) is 1. The Morgan fingerprint density at radius 3 is 2.80 bits per heavy atom. The van der Waals surface area contributed by atoms with Crippen LogP contribution in [0.3, 0.4) is 0 Å². The second-order valence-electron chi connectivity index (χ2n) is 5.25. The summed E-state index contributed by atoms with van der Waals surface area (Å²) in [6, 6.07) is 16.9. The van der Waals surface area contributed by atoms with Gasteiger partial charge in [-0.2, -0.15) is 0 Å². The molecule has 2 aromatic rings. The molecule has 0 unspecified atom stereocenters. The molecule has 1 N–H and O–H groups in total. The number of fused-ring (bicyclic) bond motifs is 1. The van der Waals surface area contributed by atoms with Crippen LogP contribution in [0.4, 0.5) is 5.69 Å². The van der Waals surface area contributed by atoms with E-state index in [-0.39, 0.29) is 0 Å². The molecule has 0 aliphatic carbocycles. The predicted octanol–water partition coefficient (Wildman–Crippen LogP) is 4.06. The fraction of sp³-hybridized carbons (Fsp3) is 0.333. The van der Waals surface area contributed by atoms with E-state index in [1.54, 1.807) is 0 Å². The Morgan fingerprint density at radius 1 is 1.00 bits per heavy atom. The Bertz CT molecular complexity index is 551. The Hall–Kier alpha value is -1.96. The minimum Gasteiger partial charge on any atom is -0.493 e. The summed E-state index contributed by atoms with van der Waals surface area (Å²) < 4.78 is 5.99. The Kier molecular flexibility index (Phi) is 4.22. The van der Waals surface area contributed by atoms with E-state index in [2.05, 4.69) is 53.8 Å². The number of nitrogens with one attached hydrogen (secondary N) is 1. The van der Waals surface area contributed by atoms with Crippen molar-refractivity contribution in [1.29, 1.82) is 0 Å². The monoisotopic (exact) mass is 267 g/mol. The first-order chi connectivity index (χ1) is 9.93. The van der Waals surface area contributed by atoms with Gasteiger partial charge in [-0.15, -0.1) is 0 Å². The lowest BCUT2D eigenvalue weighted by Crippen LogP contribution is -2.13. The molecule has 1 aliphatic rings. The van der Waals surface area contributed by atoms with Crippen molar-refractivity contribution in [2.45, 2.75) is 25.7 Å². The van der Waals surface area contributed by atoms with Crippen molar-refractivity contribution in [2.75, 3.05) is 18.5 Å². The van der Waals surface area contributed by atoms with Crippen LogP contribution >= 0.6 is 0 Å². The quantitative estimate of drug-likeness (QED) is 0.825. The molecule has 0 amide bonds. The van der Waals surface area contributed by atoms with Crippen LogP contribution in [0.15, 0.2) is 48.5 Å². The van der Waals surface area contributed by atoms with E-state index >= 15 is 0 Å². The molecular formula is C18H21NO. The fourth-order valence-corrected chi connectivity index (χ4v) is 2.72. The van der Waals surface area contributed by atoms with Crippen molar-refractivity contribution in [3.63, 3.8) is 0 Å². The molecule has 0 saturated carbocycles. The number of aryl methyl sites for hydroxylation is 1. The summed E-state index contributed by atoms with van der Waals surface area (Å²) in [6.45, 7) is 1.86. The third-order valence-corrected chi connectivity index (χ3v) is 3.76. The second-order valence-corrected chi connectivity index (χ2v) is 5.25. The highest BCUT2D eigenvalue weighted by Crippen LogP contribution is 2.30. The molecule has 2 heteroatoms. The summed E-state index contributed by atoms with van der Waals surface area (Å²) in [7, 11) is 0. The van der Waals surface area contributed by atoms with Crippen molar-refractivity contribution < 1.29 is 4.74 Å². The first-order valence-electron chi connectivity index (χ1n) is 7.46. The van der Waals surface area contributed by atoms with Crippen molar-refractivity contribution in [3.05, 3.63) is 59.7 Å². The van der Waals surface area contributed by atoms with Gasteiger partial charge in [0.25, 0.3) is 0 Å². The Labute approximate surface area is 120 Å². The summed E-state index contributed by atoms with van der Waals surface area (Å²) in [4.78, 5) is 0. The molecule has 1 heterocycles. The first-order valence-corrected chi connectivity index (χ1v) is 7.46. The smallest absolute Gasteiger partial charge is 0.124 e. The van der Waals surface area contributed by atoms with Gasteiger partial charge in [0, 0.05) is 17.8 Å². The maximum absolute atomic E-state index is 5.99. The number of benzene rings is 2. The zero-order valence-corrected chi connectivity index (χ0v) is 11.8. The maximum Gasteiger partial charge on any atom is 0.124 e. The SMILES string of the molecule is c1ccc(CCCOc2cccc3c2CCCN3)cc1. The molecule has 0 saturated heterocycles. The molecule has 104 valence electrons. The van der Waals surface area contributed by atoms with Crippen LogP contribution in [-0.4, -0.2) is 13.2 Å². The molecule has 20 heavy (non-hydrogen) atoms. The highest BCUT2D eigenvalue weighted by Gasteiger charge is 2.12. The van der Waals surface area contributed by atoms with Crippen LogP contribution in [0.25, 0.3) is 0 Å². The van der Waals surface area contributed by atoms with Gasteiger partial charge in [-0.25, -0.2) is 0 Å². The van der Waals surface area contributed by atoms with Gasteiger partial charge in [-0.3, -0.25) is 0 Å². The van der Waals surface area contributed by atoms with E-state index < -0.39 is 0 Å². The van der Waals surface area contributed by atoms with Gasteiger partial charge in [0.2, 0.25) is 0 Å². The van der Waals surface area contributed by atoms with E-state index in [1.165, 1.54) is 23.2 Å². The van der Waals surface area contributed by atoms with Crippen molar-refractivity contribution in [2.24, 2.45) is 0 Å². The van der Waals surface area contributed by atoms with Gasteiger partial charge >= 0.3 is 0 Å². The highest BCUT2D eigenvalue weighted by atomic mass is 16.5. The van der Waals surface area contributed by atoms with Gasteiger partial charge < -0.3 is 10.1 Å². The summed E-state index contributed by atoms with van der Waals surface area (Å²) in [6.07, 6.45) is 4.45. The molecule has 0 atom stereocenters. The van der Waals surface area contributed by atoms with Gasteiger partial charge in [0.15, 0.2) is 0 Å². The van der Waals surface area contributed by atoms with E-state index in [0.717, 1.165) is 38.2 Å². The first kappa shape index (κ1) is 13.0. The standard InChI is InChI=1S/C18H21NO/c1-2-7-15(8-3-1)9-6-14-20-18-12-4-11-17-16(18)10-5-13-19-17/h1-4,7-8,11-12,19H,5-6,9-10,13-14H2. The van der Waals surface area contributed by atoms with Gasteiger partial charge in [0.05, 0.1) is 6.61 Å². The molecule has 1 aliphatic heterocycles. The minimum atomic E-state index is 0.783. The fourth-order valence-electron chi connectivity index (χ4n) is 2.72. The van der Waals surface area contributed by atoms with Crippen LogP contribution in [0.1, 0.15) is 24.0 Å². The van der Waals surface area contributed by atoms with Crippen molar-refractivity contribution >= 4 is 5.69 Å². The number of rotatable bonds is 5. The third-order valence-electron chi connectivity index (χ3n) is 3.76. The lowest BCUT2D eigenvalue weighted by molar-refractivity contribution is 0.307. The van der Waals surface area contributed by atoms with Crippen molar-refractivity contribution in [1.82, 2.24) is 0 Å². The van der Waals surface area contributed by atoms with Crippen LogP contribution in [0.5, 0.6) is 5.75 Å². The van der Waals surface area contributed by atoms with E-state index in [0.29, 0.717) is 0 Å². The molecule has 0 radical (unpaired) electrons. The van der Waals surface area contributed by atoms with Crippen LogP contribution in [0.2, 0.25) is 0 Å². The minimum absolute atomic E-state index is 0.783. The normalized spacial score (nSPS) is 13.4. The average Bonchev–Trinajstić information content (AvgIpc) is 2.53. The molecule has 0 aromatic heterocycles. The molecule has 2 nitrogen and oxygen atoms in total. The topological polar surface area (TPSA) is 21.3 Å².